The van der Waals surface area contributed by atoms with Crippen LogP contribution in [0, 0.1) is 0 Å². The summed E-state index contributed by atoms with van der Waals surface area (Å²) in [6.45, 7) is 3.90. The molecular weight excluding hydrogens is 216 g/mol. The Balaban J connectivity index is 1.83. The van der Waals surface area contributed by atoms with E-state index < -0.39 is 5.60 Å². The Morgan fingerprint density at radius 3 is 2.53 bits per heavy atom. The molecule has 2 rings (SSSR count). The van der Waals surface area contributed by atoms with Crippen LogP contribution in [0.15, 0.2) is 11.1 Å². The van der Waals surface area contributed by atoms with Crippen molar-refractivity contribution < 1.29 is 9.90 Å². The van der Waals surface area contributed by atoms with Gasteiger partial charge >= 0.3 is 0 Å². The second kappa shape index (κ2) is 5.19. The van der Waals surface area contributed by atoms with Gasteiger partial charge in [0, 0.05) is 25.2 Å². The first-order valence-electron chi connectivity index (χ1n) is 6.51. The predicted molar refractivity (Wildman–Crippen MR) is 66.6 cm³/mol. The van der Waals surface area contributed by atoms with Crippen molar-refractivity contribution in [2.24, 2.45) is 0 Å². The number of hydrogen-bond donors (Lipinski definition) is 3. The minimum Gasteiger partial charge on any atom is -0.388 e. The van der Waals surface area contributed by atoms with Crippen LogP contribution < -0.4 is 10.6 Å². The lowest BCUT2D eigenvalue weighted by Crippen LogP contribution is -2.45. The third-order valence-corrected chi connectivity index (χ3v) is 3.91. The summed E-state index contributed by atoms with van der Waals surface area (Å²) in [5.74, 6) is -0.0273. The third kappa shape index (κ3) is 3.07. The van der Waals surface area contributed by atoms with Gasteiger partial charge in [-0.25, -0.2) is 0 Å². The monoisotopic (exact) mass is 238 g/mol. The van der Waals surface area contributed by atoms with E-state index in [0.29, 0.717) is 6.54 Å². The predicted octanol–water partition coefficient (Wildman–Crippen LogP) is 0.717. The summed E-state index contributed by atoms with van der Waals surface area (Å²) in [5, 5.41) is 16.3. The molecular formula is C13H22N2O2. The average Bonchev–Trinajstić information content (AvgIpc) is 2.24. The first-order valence-corrected chi connectivity index (χ1v) is 6.51. The molecule has 3 N–H and O–H groups in total. The van der Waals surface area contributed by atoms with E-state index in [1.165, 1.54) is 12.0 Å². The fraction of sp³-hybridized carbons (Fsp3) is 0.769. The molecule has 1 aliphatic carbocycles. The Kier molecular flexibility index (Phi) is 3.84. The molecule has 96 valence electrons. The van der Waals surface area contributed by atoms with Crippen LogP contribution in [0.2, 0.25) is 0 Å². The number of amides is 1. The van der Waals surface area contributed by atoms with Gasteiger partial charge in [0.1, 0.15) is 0 Å². The highest BCUT2D eigenvalue weighted by atomic mass is 16.3. The van der Waals surface area contributed by atoms with E-state index in [9.17, 15) is 9.90 Å². The number of nitrogens with one attached hydrogen (secondary N) is 2. The second-order valence-corrected chi connectivity index (χ2v) is 5.30. The summed E-state index contributed by atoms with van der Waals surface area (Å²) in [6, 6.07) is 0. The van der Waals surface area contributed by atoms with Crippen molar-refractivity contribution in [1.29, 1.82) is 0 Å². The van der Waals surface area contributed by atoms with Crippen LogP contribution in [0.4, 0.5) is 0 Å². The molecule has 0 aromatic carbocycles. The summed E-state index contributed by atoms with van der Waals surface area (Å²) < 4.78 is 0. The topological polar surface area (TPSA) is 61.4 Å². The minimum absolute atomic E-state index is 0.0273. The fourth-order valence-electron chi connectivity index (χ4n) is 2.44. The van der Waals surface area contributed by atoms with Crippen molar-refractivity contribution in [1.82, 2.24) is 10.6 Å². The number of hydrogen-bond acceptors (Lipinski definition) is 3. The molecule has 4 heteroatoms. The van der Waals surface area contributed by atoms with Gasteiger partial charge in [0.2, 0.25) is 5.91 Å². The number of rotatable bonds is 3. The Hall–Kier alpha value is -0.870. The maximum Gasteiger partial charge on any atom is 0.247 e. The van der Waals surface area contributed by atoms with E-state index in [2.05, 4.69) is 10.6 Å². The molecule has 0 bridgehead atoms. The molecule has 0 unspecified atom stereocenters. The van der Waals surface area contributed by atoms with Crippen LogP contribution in [0.3, 0.4) is 0 Å². The van der Waals surface area contributed by atoms with Gasteiger partial charge in [-0.15, -0.1) is 0 Å². The van der Waals surface area contributed by atoms with E-state index in [-0.39, 0.29) is 5.91 Å². The first kappa shape index (κ1) is 12.6. The standard InChI is InChI=1S/C13H22N2O2/c1-10(11-7-14-8-11)12(16)15-9-13(17)5-3-2-4-6-13/h14,17H,2-9H2,1H3,(H,15,16). The van der Waals surface area contributed by atoms with E-state index in [0.717, 1.165) is 44.3 Å². The number of carbonyl (C=O) groups is 1. The Morgan fingerprint density at radius 2 is 2.00 bits per heavy atom. The van der Waals surface area contributed by atoms with Gasteiger partial charge in [-0.1, -0.05) is 19.3 Å². The van der Waals surface area contributed by atoms with Gasteiger partial charge in [-0.3, -0.25) is 4.79 Å². The lowest BCUT2D eigenvalue weighted by molar-refractivity contribution is -0.119. The van der Waals surface area contributed by atoms with E-state index >= 15 is 0 Å². The zero-order valence-corrected chi connectivity index (χ0v) is 10.5. The Labute approximate surface area is 102 Å². The van der Waals surface area contributed by atoms with Crippen molar-refractivity contribution >= 4 is 5.91 Å². The zero-order valence-electron chi connectivity index (χ0n) is 10.5. The summed E-state index contributed by atoms with van der Waals surface area (Å²) >= 11 is 0. The van der Waals surface area contributed by atoms with Crippen LogP contribution in [-0.2, 0) is 4.79 Å². The van der Waals surface area contributed by atoms with Crippen LogP contribution >= 0.6 is 0 Å². The maximum absolute atomic E-state index is 11.9. The SMILES string of the molecule is CC(C(=O)NCC1(O)CCCCC1)=C1CNC1. The molecule has 0 spiro atoms. The molecule has 0 radical (unpaired) electrons. The quantitative estimate of drug-likeness (QED) is 0.635. The molecule has 0 aromatic rings. The Bertz CT molecular complexity index is 324. The van der Waals surface area contributed by atoms with Gasteiger partial charge in [0.15, 0.2) is 0 Å². The molecule has 17 heavy (non-hydrogen) atoms. The molecule has 4 nitrogen and oxygen atoms in total. The van der Waals surface area contributed by atoms with Gasteiger partial charge in [-0.2, -0.15) is 0 Å². The molecule has 2 aliphatic rings. The zero-order chi connectivity index (χ0) is 12.3. The highest BCUT2D eigenvalue weighted by Crippen LogP contribution is 2.27. The molecule has 2 fully saturated rings. The third-order valence-electron chi connectivity index (χ3n) is 3.91. The molecule has 0 aromatic heterocycles. The van der Waals surface area contributed by atoms with Crippen LogP contribution in [0.25, 0.3) is 0 Å². The van der Waals surface area contributed by atoms with Gasteiger partial charge < -0.3 is 15.7 Å². The highest BCUT2D eigenvalue weighted by Gasteiger charge is 2.29. The van der Waals surface area contributed by atoms with Crippen molar-refractivity contribution in [2.75, 3.05) is 19.6 Å². The van der Waals surface area contributed by atoms with Crippen molar-refractivity contribution in [2.45, 2.75) is 44.6 Å². The summed E-state index contributed by atoms with van der Waals surface area (Å²) in [5.41, 5.74) is 1.32. The van der Waals surface area contributed by atoms with E-state index in [4.69, 9.17) is 0 Å². The fourth-order valence-corrected chi connectivity index (χ4v) is 2.44. The Morgan fingerprint density at radius 1 is 1.35 bits per heavy atom. The summed E-state index contributed by atoms with van der Waals surface area (Å²) in [7, 11) is 0. The van der Waals surface area contributed by atoms with Gasteiger partial charge in [0.05, 0.1) is 5.60 Å². The second-order valence-electron chi connectivity index (χ2n) is 5.30. The lowest BCUT2D eigenvalue weighted by Gasteiger charge is -2.32. The summed E-state index contributed by atoms with van der Waals surface area (Å²) in [6.07, 6.45) is 4.95. The maximum atomic E-state index is 11.9. The van der Waals surface area contributed by atoms with E-state index in [1.54, 1.807) is 0 Å². The number of aliphatic hydroxyl groups is 1. The first-order chi connectivity index (χ1) is 8.11. The van der Waals surface area contributed by atoms with Crippen LogP contribution in [0.1, 0.15) is 39.0 Å². The van der Waals surface area contributed by atoms with E-state index in [1.807, 2.05) is 6.92 Å². The van der Waals surface area contributed by atoms with Crippen molar-refractivity contribution in [3.63, 3.8) is 0 Å². The molecule has 1 saturated carbocycles. The van der Waals surface area contributed by atoms with Crippen molar-refractivity contribution in [3.05, 3.63) is 11.1 Å². The largest absolute Gasteiger partial charge is 0.388 e. The molecule has 1 amide bonds. The van der Waals surface area contributed by atoms with Gasteiger partial charge in [0.25, 0.3) is 0 Å². The molecule has 1 aliphatic heterocycles. The molecule has 1 heterocycles. The lowest BCUT2D eigenvalue weighted by atomic mass is 9.85. The van der Waals surface area contributed by atoms with Crippen LogP contribution in [-0.4, -0.2) is 36.2 Å². The van der Waals surface area contributed by atoms with Crippen molar-refractivity contribution in [3.8, 4) is 0 Å². The van der Waals surface area contributed by atoms with Crippen LogP contribution in [0.5, 0.6) is 0 Å². The smallest absolute Gasteiger partial charge is 0.247 e. The number of carbonyl (C=O) groups excluding carboxylic acids is 1. The normalized spacial score (nSPS) is 22.8. The summed E-state index contributed by atoms with van der Waals surface area (Å²) in [4.78, 5) is 11.9. The molecule has 0 atom stereocenters. The molecule has 1 saturated heterocycles. The average molecular weight is 238 g/mol. The minimum atomic E-state index is -0.670. The highest BCUT2D eigenvalue weighted by molar-refractivity contribution is 5.94. The van der Waals surface area contributed by atoms with Gasteiger partial charge in [-0.05, 0) is 25.3 Å².